The quantitative estimate of drug-likeness (QED) is 0.168. The Balaban J connectivity index is 1.02. The molecule has 1 aromatic heterocycles. The number of nitriles is 1. The molecular formula is C60H47NO. The highest BCUT2D eigenvalue weighted by Gasteiger charge is 2.35. The van der Waals surface area contributed by atoms with Gasteiger partial charge >= 0.3 is 0 Å². The fourth-order valence-corrected chi connectivity index (χ4v) is 10.9. The van der Waals surface area contributed by atoms with Crippen molar-refractivity contribution in [3.8, 4) is 39.4 Å². The van der Waals surface area contributed by atoms with Gasteiger partial charge in [-0.25, -0.2) is 0 Å². The molecule has 0 aliphatic heterocycles. The van der Waals surface area contributed by atoms with E-state index in [1.165, 1.54) is 77.4 Å². The van der Waals surface area contributed by atoms with Crippen LogP contribution < -0.4 is 0 Å². The summed E-state index contributed by atoms with van der Waals surface area (Å²) in [7, 11) is 0. The van der Waals surface area contributed by atoms with Crippen LogP contribution in [-0.4, -0.2) is 0 Å². The standard InChI is InChI=1S/C60H47NO/c1-2-47-48(44-29-31-49(46(34-44)38-61)52-32-30-45-33-42-23-12-13-24-43(42)35-54(45)51-26-15-14-25-50(51)52)27-16-28-53-57-36-55(39-17-6-3-7-18-39)56(40-19-8-4-9-20-40)37-58(57)62-60(53)59(47)41-21-10-5-11-22-41/h3-15,17-27,29,31,33-37,47,52,59H,2,16,28,30,32H2,1H3/b48-27-. The van der Waals surface area contributed by atoms with Crippen molar-refractivity contribution in [3.63, 3.8) is 0 Å². The molecular weight excluding hydrogens is 751 g/mol. The highest BCUT2D eigenvalue weighted by Crippen LogP contribution is 2.50. The topological polar surface area (TPSA) is 36.9 Å². The van der Waals surface area contributed by atoms with E-state index >= 15 is 0 Å². The van der Waals surface area contributed by atoms with Crippen LogP contribution in [0.25, 0.3) is 60.7 Å². The SMILES string of the molecule is CCC1/C(c2ccc(C3CCc4cc5ccccc5cc4-c4ccccc43)c(C#N)c2)=C\CCc2c(oc3cc(-c4ccccc4)c(-c4ccccc4)cc23)C1c1ccccc1. The number of fused-ring (bicyclic) bond motifs is 7. The van der Waals surface area contributed by atoms with Gasteiger partial charge in [0.15, 0.2) is 0 Å². The molecule has 2 aliphatic rings. The van der Waals surface area contributed by atoms with E-state index in [0.717, 1.165) is 60.1 Å². The second kappa shape index (κ2) is 16.0. The fraction of sp³-hybridized carbons (Fsp3) is 0.150. The third-order valence-electron chi connectivity index (χ3n) is 13.8. The van der Waals surface area contributed by atoms with E-state index in [-0.39, 0.29) is 17.8 Å². The lowest BCUT2D eigenvalue weighted by molar-refractivity contribution is 0.448. The van der Waals surface area contributed by atoms with Crippen LogP contribution in [0, 0.1) is 17.2 Å². The highest BCUT2D eigenvalue weighted by atomic mass is 16.3. The Hall–Kier alpha value is -7.21. The van der Waals surface area contributed by atoms with E-state index in [2.05, 4.69) is 201 Å². The van der Waals surface area contributed by atoms with E-state index < -0.39 is 0 Å². The molecule has 0 saturated heterocycles. The summed E-state index contributed by atoms with van der Waals surface area (Å²) >= 11 is 0. The van der Waals surface area contributed by atoms with E-state index in [0.29, 0.717) is 0 Å². The minimum atomic E-state index is -0.0107. The minimum absolute atomic E-state index is 0.0107. The maximum absolute atomic E-state index is 11.0. The summed E-state index contributed by atoms with van der Waals surface area (Å²) in [6.45, 7) is 2.31. The number of hydrogen-bond acceptors (Lipinski definition) is 2. The molecule has 0 amide bonds. The molecule has 1 heterocycles. The second-order valence-electron chi connectivity index (χ2n) is 17.1. The first-order valence-electron chi connectivity index (χ1n) is 22.3. The Bertz CT molecular complexity index is 3180. The average molecular weight is 798 g/mol. The third-order valence-corrected chi connectivity index (χ3v) is 13.8. The zero-order valence-corrected chi connectivity index (χ0v) is 35.0. The smallest absolute Gasteiger partial charge is 0.135 e. The van der Waals surface area contributed by atoms with Crippen LogP contribution >= 0.6 is 0 Å². The molecule has 0 bridgehead atoms. The normalized spacial score (nSPS) is 18.0. The van der Waals surface area contributed by atoms with Gasteiger partial charge in [-0.05, 0) is 140 Å². The molecule has 3 unspecified atom stereocenters. The largest absolute Gasteiger partial charge is 0.460 e. The molecule has 0 fully saturated rings. The van der Waals surface area contributed by atoms with Gasteiger partial charge in [0.1, 0.15) is 11.3 Å². The molecule has 2 aliphatic carbocycles. The first-order chi connectivity index (χ1) is 30.7. The van der Waals surface area contributed by atoms with Gasteiger partial charge in [0, 0.05) is 22.8 Å². The van der Waals surface area contributed by atoms with Gasteiger partial charge in [0.2, 0.25) is 0 Å². The van der Waals surface area contributed by atoms with Crippen molar-refractivity contribution in [2.24, 2.45) is 5.92 Å². The molecule has 0 saturated carbocycles. The monoisotopic (exact) mass is 797 g/mol. The van der Waals surface area contributed by atoms with Crippen LogP contribution in [0.3, 0.4) is 0 Å². The first-order valence-corrected chi connectivity index (χ1v) is 22.3. The van der Waals surface area contributed by atoms with Gasteiger partial charge in [-0.15, -0.1) is 0 Å². The number of furan rings is 1. The number of rotatable bonds is 6. The number of benzene rings is 8. The lowest BCUT2D eigenvalue weighted by Gasteiger charge is -2.31. The van der Waals surface area contributed by atoms with Crippen molar-refractivity contribution in [1.82, 2.24) is 0 Å². The fourth-order valence-electron chi connectivity index (χ4n) is 10.9. The molecule has 0 N–H and O–H groups in total. The van der Waals surface area contributed by atoms with E-state index in [9.17, 15) is 5.26 Å². The van der Waals surface area contributed by atoms with Gasteiger partial charge in [0.25, 0.3) is 0 Å². The van der Waals surface area contributed by atoms with Crippen molar-refractivity contribution >= 4 is 27.3 Å². The maximum Gasteiger partial charge on any atom is 0.135 e. The summed E-state index contributed by atoms with van der Waals surface area (Å²) in [5.74, 6) is 1.28. The zero-order chi connectivity index (χ0) is 41.6. The zero-order valence-electron chi connectivity index (χ0n) is 35.0. The second-order valence-corrected chi connectivity index (χ2v) is 17.1. The van der Waals surface area contributed by atoms with E-state index in [4.69, 9.17) is 4.42 Å². The molecule has 11 rings (SSSR count). The summed E-state index contributed by atoms with van der Waals surface area (Å²) in [5, 5.41) is 14.7. The molecule has 298 valence electrons. The van der Waals surface area contributed by atoms with Crippen molar-refractivity contribution in [2.45, 2.75) is 50.9 Å². The summed E-state index contributed by atoms with van der Waals surface area (Å²) < 4.78 is 7.22. The van der Waals surface area contributed by atoms with Crippen LogP contribution in [0.5, 0.6) is 0 Å². The average Bonchev–Trinajstić information content (AvgIpc) is 3.58. The van der Waals surface area contributed by atoms with Crippen molar-refractivity contribution in [3.05, 3.63) is 233 Å². The van der Waals surface area contributed by atoms with Crippen LogP contribution in [0.15, 0.2) is 192 Å². The molecule has 2 nitrogen and oxygen atoms in total. The Morgan fingerprint density at radius 1 is 0.581 bits per heavy atom. The maximum atomic E-state index is 11.0. The number of aryl methyl sites for hydroxylation is 2. The van der Waals surface area contributed by atoms with E-state index in [1.807, 2.05) is 0 Å². The lowest BCUT2D eigenvalue weighted by Crippen LogP contribution is -2.18. The molecule has 9 aromatic rings. The summed E-state index contributed by atoms with van der Waals surface area (Å²) in [4.78, 5) is 0. The Morgan fingerprint density at radius 2 is 1.24 bits per heavy atom. The molecule has 3 atom stereocenters. The van der Waals surface area contributed by atoms with Crippen LogP contribution in [-0.2, 0) is 12.8 Å². The summed E-state index contributed by atoms with van der Waals surface area (Å²) in [5.41, 5.74) is 17.8. The van der Waals surface area contributed by atoms with Gasteiger partial charge in [-0.1, -0.05) is 171 Å². The van der Waals surface area contributed by atoms with Gasteiger partial charge in [-0.2, -0.15) is 5.26 Å². The first kappa shape index (κ1) is 37.8. The number of hydrogen-bond donors (Lipinski definition) is 0. The molecule has 62 heavy (non-hydrogen) atoms. The van der Waals surface area contributed by atoms with Gasteiger partial charge in [0.05, 0.1) is 11.6 Å². The minimum Gasteiger partial charge on any atom is -0.460 e. The third kappa shape index (κ3) is 6.57. The van der Waals surface area contributed by atoms with Crippen molar-refractivity contribution < 1.29 is 4.42 Å². The van der Waals surface area contributed by atoms with E-state index in [1.54, 1.807) is 0 Å². The molecule has 8 aromatic carbocycles. The predicted molar refractivity (Wildman–Crippen MR) is 256 cm³/mol. The molecule has 0 spiro atoms. The van der Waals surface area contributed by atoms with Crippen LogP contribution in [0.2, 0.25) is 0 Å². The van der Waals surface area contributed by atoms with Gasteiger partial charge in [-0.3, -0.25) is 0 Å². The Labute approximate surface area is 364 Å². The van der Waals surface area contributed by atoms with Crippen LogP contribution in [0.1, 0.15) is 82.7 Å². The number of allylic oxidation sites excluding steroid dienone is 2. The number of nitrogens with zero attached hydrogens (tertiary/aromatic N) is 1. The van der Waals surface area contributed by atoms with Crippen LogP contribution in [0.4, 0.5) is 0 Å². The summed E-state index contributed by atoms with van der Waals surface area (Å²) in [6, 6.07) is 68.8. The predicted octanol–water partition coefficient (Wildman–Crippen LogP) is 15.7. The molecule has 2 heteroatoms. The van der Waals surface area contributed by atoms with Gasteiger partial charge < -0.3 is 4.42 Å². The van der Waals surface area contributed by atoms with Crippen molar-refractivity contribution in [2.75, 3.05) is 0 Å². The Morgan fingerprint density at radius 3 is 1.97 bits per heavy atom. The highest BCUT2D eigenvalue weighted by molar-refractivity contribution is 5.97. The van der Waals surface area contributed by atoms with Crippen molar-refractivity contribution in [1.29, 1.82) is 5.26 Å². The molecule has 0 radical (unpaired) electrons. The Kier molecular flexibility index (Phi) is 9.75. The lowest BCUT2D eigenvalue weighted by atomic mass is 9.72. The summed E-state index contributed by atoms with van der Waals surface area (Å²) in [6.07, 6.45) is 7.02.